The van der Waals surface area contributed by atoms with Crippen LogP contribution in [0.15, 0.2) is 36.4 Å². The van der Waals surface area contributed by atoms with Crippen molar-refractivity contribution < 1.29 is 18.9 Å². The largest absolute Gasteiger partial charge is 0.497 e. The van der Waals surface area contributed by atoms with Crippen molar-refractivity contribution in [1.29, 1.82) is 5.26 Å². The molecule has 3 rings (SSSR count). The fraction of sp³-hybridized carbons (Fsp3) is 0.150. The maximum atomic E-state index is 9.59. The van der Waals surface area contributed by atoms with Gasteiger partial charge < -0.3 is 18.9 Å². The van der Waals surface area contributed by atoms with E-state index in [0.29, 0.717) is 34.1 Å². The Kier molecular flexibility index (Phi) is 4.78. The molecule has 0 fully saturated rings. The topological polar surface area (TPSA) is 60.7 Å². The molecule has 124 valence electrons. The molecule has 5 heteroatoms. The zero-order valence-electron chi connectivity index (χ0n) is 13.6. The molecule has 0 saturated carbocycles. The highest BCUT2D eigenvalue weighted by Gasteiger charge is 2.15. The van der Waals surface area contributed by atoms with Crippen LogP contribution in [0, 0.1) is 23.7 Å². The summed E-state index contributed by atoms with van der Waals surface area (Å²) in [5.41, 5.74) is 1.87. The number of rotatable bonds is 5. The van der Waals surface area contributed by atoms with Gasteiger partial charge in [-0.1, -0.05) is 5.92 Å². The summed E-state index contributed by atoms with van der Waals surface area (Å²) < 4.78 is 21.5. The van der Waals surface area contributed by atoms with Gasteiger partial charge in [0.2, 0.25) is 6.79 Å². The van der Waals surface area contributed by atoms with Crippen molar-refractivity contribution in [2.45, 2.75) is 0 Å². The molecule has 0 aromatic heterocycles. The van der Waals surface area contributed by atoms with E-state index in [1.807, 2.05) is 6.07 Å². The summed E-state index contributed by atoms with van der Waals surface area (Å²) in [6.45, 7) is 0.323. The van der Waals surface area contributed by atoms with E-state index < -0.39 is 0 Å². The van der Waals surface area contributed by atoms with Crippen LogP contribution in [0.1, 0.15) is 11.1 Å². The second-order valence-corrected chi connectivity index (χ2v) is 5.13. The van der Waals surface area contributed by atoms with Crippen molar-refractivity contribution in [2.75, 3.05) is 20.5 Å². The smallest absolute Gasteiger partial charge is 0.231 e. The number of nitriles is 1. The van der Waals surface area contributed by atoms with Crippen LogP contribution in [0.4, 0.5) is 0 Å². The average Bonchev–Trinajstić information content (AvgIpc) is 3.12. The van der Waals surface area contributed by atoms with Crippen molar-refractivity contribution in [3.63, 3.8) is 0 Å². The van der Waals surface area contributed by atoms with Crippen LogP contribution < -0.4 is 18.9 Å². The van der Waals surface area contributed by atoms with E-state index in [1.165, 1.54) is 0 Å². The highest BCUT2D eigenvalue weighted by atomic mass is 16.7. The summed E-state index contributed by atoms with van der Waals surface area (Å²) in [5.74, 6) is 4.95. The zero-order valence-corrected chi connectivity index (χ0v) is 13.6. The Morgan fingerprint density at radius 2 is 2.08 bits per heavy atom. The lowest BCUT2D eigenvalue weighted by Crippen LogP contribution is -1.96. The fourth-order valence-corrected chi connectivity index (χ4v) is 2.42. The molecule has 0 spiro atoms. The molecule has 0 radical (unpaired) electrons. The van der Waals surface area contributed by atoms with Crippen molar-refractivity contribution in [1.82, 2.24) is 0 Å². The Morgan fingerprint density at radius 1 is 1.24 bits per heavy atom. The maximum Gasteiger partial charge on any atom is 0.231 e. The molecule has 0 atom stereocenters. The van der Waals surface area contributed by atoms with E-state index in [0.717, 1.165) is 5.56 Å². The van der Waals surface area contributed by atoms with Gasteiger partial charge in [0.1, 0.15) is 18.1 Å². The van der Waals surface area contributed by atoms with Gasteiger partial charge in [0, 0.05) is 5.56 Å². The van der Waals surface area contributed by atoms with E-state index in [4.69, 9.17) is 25.4 Å². The molecular formula is C20H15NO4. The van der Waals surface area contributed by atoms with Gasteiger partial charge in [-0.05, 0) is 48.0 Å². The summed E-state index contributed by atoms with van der Waals surface area (Å²) in [6.07, 6.45) is 6.99. The third-order valence-electron chi connectivity index (χ3n) is 3.63. The van der Waals surface area contributed by atoms with Gasteiger partial charge in [-0.3, -0.25) is 0 Å². The van der Waals surface area contributed by atoms with E-state index >= 15 is 0 Å². The number of allylic oxidation sites excluding steroid dienone is 1. The quantitative estimate of drug-likeness (QED) is 0.476. The highest BCUT2D eigenvalue weighted by molar-refractivity contribution is 5.91. The maximum absolute atomic E-state index is 9.59. The van der Waals surface area contributed by atoms with Crippen LogP contribution in [0.3, 0.4) is 0 Å². The standard InChI is InChI=1S/C20H15NO4/c1-3-8-23-18-7-5-17(22-2)10-15(18)9-16(12-21)14-4-6-19-20(11-14)25-13-24-19/h1,4-7,9-11H,8,13H2,2H3/b16-9-. The number of hydrogen-bond acceptors (Lipinski definition) is 5. The van der Waals surface area contributed by atoms with Gasteiger partial charge >= 0.3 is 0 Å². The van der Waals surface area contributed by atoms with Gasteiger partial charge in [-0.2, -0.15) is 5.26 Å². The van der Waals surface area contributed by atoms with E-state index in [1.54, 1.807) is 43.5 Å². The Balaban J connectivity index is 2.02. The summed E-state index contributed by atoms with van der Waals surface area (Å²) in [6, 6.07) is 12.9. The van der Waals surface area contributed by atoms with Crippen LogP contribution in [0.2, 0.25) is 0 Å². The van der Waals surface area contributed by atoms with Crippen LogP contribution in [0.25, 0.3) is 11.6 Å². The summed E-state index contributed by atoms with van der Waals surface area (Å²) in [4.78, 5) is 0. The number of benzene rings is 2. The first-order valence-electron chi connectivity index (χ1n) is 7.51. The van der Waals surface area contributed by atoms with Crippen molar-refractivity contribution in [3.8, 4) is 41.4 Å². The van der Waals surface area contributed by atoms with E-state index in [2.05, 4.69) is 12.0 Å². The normalized spacial score (nSPS) is 12.2. The molecule has 1 heterocycles. The molecule has 2 aromatic carbocycles. The summed E-state index contributed by atoms with van der Waals surface area (Å²) in [5, 5.41) is 9.59. The molecular weight excluding hydrogens is 318 g/mol. The molecule has 2 aromatic rings. The SMILES string of the molecule is C#CCOc1ccc(OC)cc1/C=C(/C#N)c1ccc2c(c1)OCO2. The van der Waals surface area contributed by atoms with Crippen LogP contribution in [-0.2, 0) is 0 Å². The monoisotopic (exact) mass is 333 g/mol. The lowest BCUT2D eigenvalue weighted by molar-refractivity contribution is 0.174. The number of hydrogen-bond donors (Lipinski definition) is 0. The minimum absolute atomic E-state index is 0.138. The first-order valence-corrected chi connectivity index (χ1v) is 7.51. The Bertz CT molecular complexity index is 903. The molecule has 25 heavy (non-hydrogen) atoms. The number of fused-ring (bicyclic) bond motifs is 1. The minimum atomic E-state index is 0.138. The van der Waals surface area contributed by atoms with Gasteiger partial charge in [-0.25, -0.2) is 0 Å². The van der Waals surface area contributed by atoms with Crippen molar-refractivity contribution in [2.24, 2.45) is 0 Å². The lowest BCUT2D eigenvalue weighted by atomic mass is 10.0. The molecule has 0 N–H and O–H groups in total. The average molecular weight is 333 g/mol. The third-order valence-corrected chi connectivity index (χ3v) is 3.63. The van der Waals surface area contributed by atoms with Crippen LogP contribution in [-0.4, -0.2) is 20.5 Å². The van der Waals surface area contributed by atoms with Crippen molar-refractivity contribution in [3.05, 3.63) is 47.5 Å². The number of terminal acetylenes is 1. The molecule has 0 unspecified atom stereocenters. The van der Waals surface area contributed by atoms with Gasteiger partial charge in [0.05, 0.1) is 18.8 Å². The number of ether oxygens (including phenoxy) is 4. The summed E-state index contributed by atoms with van der Waals surface area (Å²) >= 11 is 0. The highest BCUT2D eigenvalue weighted by Crippen LogP contribution is 2.35. The molecule has 0 bridgehead atoms. The van der Waals surface area contributed by atoms with E-state index in [-0.39, 0.29) is 13.4 Å². The van der Waals surface area contributed by atoms with Gasteiger partial charge in [0.15, 0.2) is 11.5 Å². The molecule has 0 amide bonds. The van der Waals surface area contributed by atoms with Crippen molar-refractivity contribution >= 4 is 11.6 Å². The molecule has 0 saturated heterocycles. The molecule has 1 aliphatic heterocycles. The fourth-order valence-electron chi connectivity index (χ4n) is 2.42. The second-order valence-electron chi connectivity index (χ2n) is 5.13. The van der Waals surface area contributed by atoms with Gasteiger partial charge in [-0.15, -0.1) is 6.42 Å². The number of nitrogens with zero attached hydrogens (tertiary/aromatic N) is 1. The van der Waals surface area contributed by atoms with Gasteiger partial charge in [0.25, 0.3) is 0 Å². The predicted molar refractivity (Wildman–Crippen MR) is 93.4 cm³/mol. The summed E-state index contributed by atoms with van der Waals surface area (Å²) in [7, 11) is 1.58. The Morgan fingerprint density at radius 3 is 2.84 bits per heavy atom. The molecule has 1 aliphatic rings. The molecule has 0 aliphatic carbocycles. The van der Waals surface area contributed by atoms with Crippen LogP contribution >= 0.6 is 0 Å². The second kappa shape index (κ2) is 7.33. The third kappa shape index (κ3) is 3.52. The zero-order chi connectivity index (χ0) is 17.6. The first kappa shape index (κ1) is 16.3. The first-order chi connectivity index (χ1) is 12.2. The predicted octanol–water partition coefficient (Wildman–Crippen LogP) is 3.50. The number of methoxy groups -OCH3 is 1. The van der Waals surface area contributed by atoms with E-state index in [9.17, 15) is 5.26 Å². The minimum Gasteiger partial charge on any atom is -0.497 e. The molecule has 5 nitrogen and oxygen atoms in total. The Hall–Kier alpha value is -3.57. The lowest BCUT2D eigenvalue weighted by Gasteiger charge is -2.10. The van der Waals surface area contributed by atoms with Crippen LogP contribution in [0.5, 0.6) is 23.0 Å². The Labute approximate surface area is 146 Å².